The van der Waals surface area contributed by atoms with Gasteiger partial charge in [-0.15, -0.1) is 0 Å². The molecule has 2 atom stereocenters. The number of rotatable bonds is 7. The molecular weight excluding hydrogens is 356 g/mol. The molecule has 1 fully saturated rings. The molecule has 25 heavy (non-hydrogen) atoms. The summed E-state index contributed by atoms with van der Waals surface area (Å²) >= 11 is 1.93. The van der Waals surface area contributed by atoms with Gasteiger partial charge < -0.3 is 10.6 Å². The minimum absolute atomic E-state index is 0.409. The second-order valence-electron chi connectivity index (χ2n) is 6.24. The number of nitrogens with one attached hydrogen (secondary N) is 3. The number of nitrogens with zero attached hydrogens (tertiary/aromatic N) is 1. The Balaban J connectivity index is 2.06. The standard InChI is InChI=1S/C17H28N4O2S2/c1-4-18-17(20-14-9-10-15(11-14)24-2)19-12-13-7-5-6-8-16(13)21-25(3,22)23/h5-8,14-15,21H,4,9-12H2,1-3H3,(H2,18,19,20). The molecule has 1 aromatic rings. The molecule has 1 saturated carbocycles. The largest absolute Gasteiger partial charge is 0.357 e. The maximum Gasteiger partial charge on any atom is 0.229 e. The van der Waals surface area contributed by atoms with Crippen molar-refractivity contribution in [2.24, 2.45) is 4.99 Å². The summed E-state index contributed by atoms with van der Waals surface area (Å²) in [6.07, 6.45) is 6.86. The highest BCUT2D eigenvalue weighted by Gasteiger charge is 2.24. The van der Waals surface area contributed by atoms with Crippen molar-refractivity contribution in [2.45, 2.75) is 44.0 Å². The lowest BCUT2D eigenvalue weighted by atomic mass is 10.2. The fourth-order valence-corrected chi connectivity index (χ4v) is 4.32. The highest BCUT2D eigenvalue weighted by molar-refractivity contribution is 7.99. The number of sulfonamides is 1. The van der Waals surface area contributed by atoms with E-state index in [0.717, 1.165) is 42.4 Å². The zero-order valence-corrected chi connectivity index (χ0v) is 16.7. The maximum atomic E-state index is 11.5. The Morgan fingerprint density at radius 2 is 2.08 bits per heavy atom. The molecule has 0 amide bonds. The summed E-state index contributed by atoms with van der Waals surface area (Å²) in [4.78, 5) is 4.64. The molecule has 0 spiro atoms. The molecule has 8 heteroatoms. The minimum Gasteiger partial charge on any atom is -0.357 e. The van der Waals surface area contributed by atoms with Gasteiger partial charge >= 0.3 is 0 Å². The summed E-state index contributed by atoms with van der Waals surface area (Å²) < 4.78 is 25.6. The molecule has 0 heterocycles. The Labute approximate surface area is 155 Å². The van der Waals surface area contributed by atoms with Crippen LogP contribution in [0.25, 0.3) is 0 Å². The minimum atomic E-state index is -3.31. The first-order valence-corrected chi connectivity index (χ1v) is 11.7. The van der Waals surface area contributed by atoms with E-state index < -0.39 is 10.0 Å². The van der Waals surface area contributed by atoms with E-state index in [1.165, 1.54) is 6.42 Å². The molecule has 0 radical (unpaired) electrons. The van der Waals surface area contributed by atoms with Crippen molar-refractivity contribution in [3.8, 4) is 0 Å². The number of aliphatic imine (C=N–C) groups is 1. The van der Waals surface area contributed by atoms with Crippen molar-refractivity contribution < 1.29 is 8.42 Å². The van der Waals surface area contributed by atoms with Gasteiger partial charge in [0.1, 0.15) is 0 Å². The molecule has 3 N–H and O–H groups in total. The Bertz CT molecular complexity index is 692. The maximum absolute atomic E-state index is 11.5. The molecule has 6 nitrogen and oxygen atoms in total. The van der Waals surface area contributed by atoms with Crippen molar-refractivity contribution in [1.29, 1.82) is 0 Å². The van der Waals surface area contributed by atoms with Gasteiger partial charge in [0.2, 0.25) is 10.0 Å². The van der Waals surface area contributed by atoms with Crippen LogP contribution in [0.4, 0.5) is 5.69 Å². The van der Waals surface area contributed by atoms with Gasteiger partial charge in [-0.25, -0.2) is 13.4 Å². The molecule has 0 saturated heterocycles. The normalized spacial score (nSPS) is 21.2. The predicted molar refractivity (Wildman–Crippen MR) is 108 cm³/mol. The third kappa shape index (κ3) is 6.78. The van der Waals surface area contributed by atoms with Crippen LogP contribution in [0, 0.1) is 0 Å². The Hall–Kier alpha value is -1.41. The van der Waals surface area contributed by atoms with Crippen LogP contribution in [-0.4, -0.2) is 44.7 Å². The van der Waals surface area contributed by atoms with E-state index >= 15 is 0 Å². The van der Waals surface area contributed by atoms with Crippen LogP contribution in [0.1, 0.15) is 31.7 Å². The molecule has 0 aliphatic heterocycles. The first-order valence-electron chi connectivity index (χ1n) is 8.54. The Morgan fingerprint density at radius 3 is 2.72 bits per heavy atom. The van der Waals surface area contributed by atoms with Crippen molar-refractivity contribution in [3.63, 3.8) is 0 Å². The molecule has 2 unspecified atom stereocenters. The molecule has 0 bridgehead atoms. The summed E-state index contributed by atoms with van der Waals surface area (Å²) in [7, 11) is -3.31. The molecule has 140 valence electrons. The van der Waals surface area contributed by atoms with Crippen LogP contribution in [0.3, 0.4) is 0 Å². The third-order valence-corrected chi connectivity index (χ3v) is 5.81. The Morgan fingerprint density at radius 1 is 1.32 bits per heavy atom. The summed E-state index contributed by atoms with van der Waals surface area (Å²) in [6, 6.07) is 7.79. The summed E-state index contributed by atoms with van der Waals surface area (Å²) in [5, 5.41) is 7.50. The van der Waals surface area contributed by atoms with E-state index in [0.29, 0.717) is 18.3 Å². The van der Waals surface area contributed by atoms with Gasteiger partial charge in [-0.2, -0.15) is 11.8 Å². The number of para-hydroxylation sites is 1. The van der Waals surface area contributed by atoms with Gasteiger partial charge in [0.05, 0.1) is 18.5 Å². The Kier molecular flexibility index (Phi) is 7.43. The topological polar surface area (TPSA) is 82.6 Å². The highest BCUT2D eigenvalue weighted by atomic mass is 32.2. The van der Waals surface area contributed by atoms with Crippen LogP contribution in [-0.2, 0) is 16.6 Å². The predicted octanol–water partition coefficient (Wildman–Crippen LogP) is 2.40. The lowest BCUT2D eigenvalue weighted by Crippen LogP contribution is -2.42. The van der Waals surface area contributed by atoms with Gasteiger partial charge in [0.25, 0.3) is 0 Å². The van der Waals surface area contributed by atoms with Crippen LogP contribution in [0.2, 0.25) is 0 Å². The molecule has 1 aromatic carbocycles. The fourth-order valence-electron chi connectivity index (χ4n) is 2.92. The summed E-state index contributed by atoms with van der Waals surface area (Å²) in [5.41, 5.74) is 1.42. The lowest BCUT2D eigenvalue weighted by Gasteiger charge is -2.17. The van der Waals surface area contributed by atoms with E-state index in [1.807, 2.05) is 36.9 Å². The number of anilines is 1. The molecular formula is C17H28N4O2S2. The van der Waals surface area contributed by atoms with Crippen LogP contribution in [0.15, 0.2) is 29.3 Å². The van der Waals surface area contributed by atoms with Crippen LogP contribution < -0.4 is 15.4 Å². The van der Waals surface area contributed by atoms with Gasteiger partial charge in [0, 0.05) is 17.8 Å². The third-order valence-electron chi connectivity index (χ3n) is 4.12. The van der Waals surface area contributed by atoms with Crippen molar-refractivity contribution in [1.82, 2.24) is 10.6 Å². The first kappa shape index (κ1) is 19.9. The van der Waals surface area contributed by atoms with Crippen molar-refractivity contribution in [3.05, 3.63) is 29.8 Å². The molecule has 0 aromatic heterocycles. The van der Waals surface area contributed by atoms with E-state index in [4.69, 9.17) is 0 Å². The van der Waals surface area contributed by atoms with Gasteiger partial charge in [0.15, 0.2) is 5.96 Å². The van der Waals surface area contributed by atoms with Gasteiger partial charge in [-0.3, -0.25) is 4.72 Å². The van der Waals surface area contributed by atoms with E-state index in [9.17, 15) is 8.42 Å². The van der Waals surface area contributed by atoms with E-state index in [1.54, 1.807) is 6.07 Å². The van der Waals surface area contributed by atoms with Crippen LogP contribution in [0.5, 0.6) is 0 Å². The average Bonchev–Trinajstić information content (AvgIpc) is 3.00. The number of benzene rings is 1. The van der Waals surface area contributed by atoms with E-state index in [-0.39, 0.29) is 0 Å². The summed E-state index contributed by atoms with van der Waals surface area (Å²) in [6.45, 7) is 3.23. The molecule has 1 aliphatic carbocycles. The molecule has 1 aliphatic rings. The van der Waals surface area contributed by atoms with Crippen LogP contribution >= 0.6 is 11.8 Å². The SMILES string of the molecule is CCNC(=NCc1ccccc1NS(C)(=O)=O)NC1CCC(SC)C1. The second-order valence-corrected chi connectivity index (χ2v) is 9.13. The van der Waals surface area contributed by atoms with Gasteiger partial charge in [-0.1, -0.05) is 18.2 Å². The quantitative estimate of drug-likeness (QED) is 0.497. The van der Waals surface area contributed by atoms with Crippen molar-refractivity contribution in [2.75, 3.05) is 23.8 Å². The second kappa shape index (κ2) is 9.33. The zero-order chi connectivity index (χ0) is 18.3. The summed E-state index contributed by atoms with van der Waals surface area (Å²) in [5.74, 6) is 0.781. The van der Waals surface area contributed by atoms with E-state index in [2.05, 4.69) is 26.6 Å². The number of hydrogen-bond acceptors (Lipinski definition) is 4. The highest BCUT2D eigenvalue weighted by Crippen LogP contribution is 2.28. The first-order chi connectivity index (χ1) is 11.9. The lowest BCUT2D eigenvalue weighted by molar-refractivity contribution is 0.606. The number of thioether (sulfide) groups is 1. The average molecular weight is 385 g/mol. The monoisotopic (exact) mass is 384 g/mol. The number of hydrogen-bond donors (Lipinski definition) is 3. The molecule has 2 rings (SSSR count). The fraction of sp³-hybridized carbons (Fsp3) is 0.588. The smallest absolute Gasteiger partial charge is 0.229 e. The van der Waals surface area contributed by atoms with Crippen molar-refractivity contribution >= 4 is 33.4 Å². The number of guanidine groups is 1. The van der Waals surface area contributed by atoms with Gasteiger partial charge in [-0.05, 0) is 44.1 Å². The zero-order valence-electron chi connectivity index (χ0n) is 15.1.